The maximum absolute atomic E-state index is 13.5. The lowest BCUT2D eigenvalue weighted by molar-refractivity contribution is 0.00431. The molecule has 0 spiro atoms. The van der Waals surface area contributed by atoms with Gasteiger partial charge in [0.25, 0.3) is 0 Å². The van der Waals surface area contributed by atoms with Crippen LogP contribution in [0.4, 0.5) is 4.39 Å². The van der Waals surface area contributed by atoms with Crippen molar-refractivity contribution in [2.75, 3.05) is 59.7 Å². The van der Waals surface area contributed by atoms with E-state index >= 15 is 0 Å². The van der Waals surface area contributed by atoms with Crippen LogP contribution in [0.3, 0.4) is 0 Å². The van der Waals surface area contributed by atoms with Crippen LogP contribution in [0.15, 0.2) is 54.6 Å². The monoisotopic (exact) mass is 498 g/mol. The van der Waals surface area contributed by atoms with E-state index < -0.39 is 6.10 Å². The van der Waals surface area contributed by atoms with E-state index in [0.29, 0.717) is 57.6 Å². The van der Waals surface area contributed by atoms with E-state index in [2.05, 4.69) is 9.80 Å². The number of ether oxygens (including phenoxy) is 3. The van der Waals surface area contributed by atoms with Crippen molar-refractivity contribution < 1.29 is 23.7 Å². The fourth-order valence-electron chi connectivity index (χ4n) is 4.30. The third-order valence-electron chi connectivity index (χ3n) is 6.20. The van der Waals surface area contributed by atoms with Gasteiger partial charge in [-0.05, 0) is 43.3 Å². The molecule has 0 radical (unpaired) electrons. The number of benzene rings is 2. The number of morpholine rings is 1. The number of rotatable bonds is 12. The van der Waals surface area contributed by atoms with Crippen molar-refractivity contribution in [3.63, 3.8) is 0 Å². The highest BCUT2D eigenvalue weighted by molar-refractivity contribution is 5.43. The molecule has 9 heteroatoms. The van der Waals surface area contributed by atoms with Crippen LogP contribution in [-0.2, 0) is 16.0 Å². The number of aliphatic hydroxyl groups excluding tert-OH is 1. The van der Waals surface area contributed by atoms with Crippen LogP contribution in [0.2, 0.25) is 0 Å². The summed E-state index contributed by atoms with van der Waals surface area (Å²) >= 11 is 0. The second-order valence-electron chi connectivity index (χ2n) is 8.97. The number of aliphatic hydroxyl groups is 1. The Bertz CT molecular complexity index is 1070. The van der Waals surface area contributed by atoms with Gasteiger partial charge in [-0.3, -0.25) is 9.80 Å². The second kappa shape index (κ2) is 12.9. The van der Waals surface area contributed by atoms with Crippen LogP contribution in [0, 0.1) is 12.7 Å². The molecule has 8 nitrogen and oxygen atoms in total. The van der Waals surface area contributed by atoms with Gasteiger partial charge in [-0.25, -0.2) is 9.07 Å². The van der Waals surface area contributed by atoms with E-state index in [1.807, 2.05) is 37.3 Å². The van der Waals surface area contributed by atoms with Crippen molar-refractivity contribution >= 4 is 0 Å². The minimum Gasteiger partial charge on any atom is -0.439 e. The quantitative estimate of drug-likeness (QED) is 0.411. The molecule has 2 heterocycles. The molecule has 1 saturated heterocycles. The molecule has 194 valence electrons. The molecule has 1 atom stereocenters. The molecule has 0 amide bonds. The van der Waals surface area contributed by atoms with E-state index in [4.69, 9.17) is 19.3 Å². The first-order chi connectivity index (χ1) is 17.5. The summed E-state index contributed by atoms with van der Waals surface area (Å²) in [5, 5.41) is 15.7. The summed E-state index contributed by atoms with van der Waals surface area (Å²) in [6.45, 7) is 7.75. The van der Waals surface area contributed by atoms with E-state index in [1.54, 1.807) is 23.9 Å². The fraction of sp³-hybridized carbons (Fsp3) is 0.444. The van der Waals surface area contributed by atoms with Gasteiger partial charge < -0.3 is 19.3 Å². The van der Waals surface area contributed by atoms with Crippen molar-refractivity contribution in [1.82, 2.24) is 19.6 Å². The zero-order valence-electron chi connectivity index (χ0n) is 21.0. The summed E-state index contributed by atoms with van der Waals surface area (Å²) in [7, 11) is 1.67. The van der Waals surface area contributed by atoms with Crippen molar-refractivity contribution in [1.29, 1.82) is 0 Å². The summed E-state index contributed by atoms with van der Waals surface area (Å²) in [5.74, 6) is 0.760. The van der Waals surface area contributed by atoms with Gasteiger partial charge in [0.2, 0.25) is 5.88 Å². The van der Waals surface area contributed by atoms with Gasteiger partial charge in [0.15, 0.2) is 0 Å². The van der Waals surface area contributed by atoms with Gasteiger partial charge in [-0.15, -0.1) is 0 Å². The topological polar surface area (TPSA) is 72.2 Å². The van der Waals surface area contributed by atoms with Crippen molar-refractivity contribution in [2.45, 2.75) is 19.6 Å². The molecule has 1 unspecified atom stereocenters. The minimum absolute atomic E-state index is 0.324. The molecule has 1 aromatic heterocycles. The predicted molar refractivity (Wildman–Crippen MR) is 135 cm³/mol. The van der Waals surface area contributed by atoms with Gasteiger partial charge in [0.1, 0.15) is 11.6 Å². The number of methoxy groups -OCH3 is 1. The van der Waals surface area contributed by atoms with Crippen molar-refractivity contribution in [3.8, 4) is 17.3 Å². The van der Waals surface area contributed by atoms with Crippen LogP contribution in [0.5, 0.6) is 11.6 Å². The highest BCUT2D eigenvalue weighted by atomic mass is 19.1. The predicted octanol–water partition coefficient (Wildman–Crippen LogP) is 3.25. The zero-order chi connectivity index (χ0) is 25.3. The number of halogens is 1. The number of hydrogen-bond acceptors (Lipinski definition) is 7. The van der Waals surface area contributed by atoms with Gasteiger partial charge >= 0.3 is 0 Å². The molecule has 2 aromatic carbocycles. The van der Waals surface area contributed by atoms with Crippen LogP contribution in [0.1, 0.15) is 11.3 Å². The number of β-amino-alcohol motifs (C(OH)–C–C–N with tert-alkyl or cyclic N) is 1. The lowest BCUT2D eigenvalue weighted by Crippen LogP contribution is -2.45. The molecule has 0 saturated carbocycles. The van der Waals surface area contributed by atoms with Gasteiger partial charge in [0.05, 0.1) is 42.9 Å². The third kappa shape index (κ3) is 7.11. The van der Waals surface area contributed by atoms with Gasteiger partial charge in [-0.1, -0.05) is 18.2 Å². The highest BCUT2D eigenvalue weighted by Gasteiger charge is 2.23. The lowest BCUT2D eigenvalue weighted by Gasteiger charge is -2.31. The van der Waals surface area contributed by atoms with E-state index in [0.717, 1.165) is 30.0 Å². The average Bonchev–Trinajstić information content (AvgIpc) is 3.19. The maximum Gasteiger partial charge on any atom is 0.227 e. The van der Waals surface area contributed by atoms with Crippen LogP contribution in [-0.4, -0.2) is 90.4 Å². The first-order valence-electron chi connectivity index (χ1n) is 12.3. The molecule has 3 aromatic rings. The number of para-hydroxylation sites is 1. The SMILES string of the molecule is COCCN(Cc1c(C)nn(-c2ccccc2)c1Oc1ccc(F)cc1)CC(O)CN1CCOCC1. The normalized spacial score (nSPS) is 15.4. The van der Waals surface area contributed by atoms with Gasteiger partial charge in [-0.2, -0.15) is 5.10 Å². The first kappa shape index (κ1) is 26.2. The molecule has 4 rings (SSSR count). The smallest absolute Gasteiger partial charge is 0.227 e. The van der Waals surface area contributed by atoms with E-state index in [1.165, 1.54) is 12.1 Å². The van der Waals surface area contributed by atoms with Crippen LogP contribution >= 0.6 is 0 Å². The Labute approximate surface area is 211 Å². The summed E-state index contributed by atoms with van der Waals surface area (Å²) in [6, 6.07) is 15.7. The standard InChI is InChI=1S/C27H35FN4O4/c1-21-26(20-31(12-15-34-2)19-24(33)18-30-13-16-35-17-14-30)27(36-25-10-8-22(28)9-11-25)32(29-21)23-6-4-3-5-7-23/h3-11,24,33H,12-20H2,1-2H3. The van der Waals surface area contributed by atoms with Gasteiger partial charge in [0, 0.05) is 46.4 Å². The van der Waals surface area contributed by atoms with E-state index in [-0.39, 0.29) is 5.82 Å². The number of nitrogens with zero attached hydrogens (tertiary/aromatic N) is 4. The summed E-state index contributed by atoms with van der Waals surface area (Å²) in [6.07, 6.45) is -0.522. The number of aromatic nitrogens is 2. The number of hydrogen-bond donors (Lipinski definition) is 1. The fourth-order valence-corrected chi connectivity index (χ4v) is 4.30. The Balaban J connectivity index is 1.59. The molecule has 1 fully saturated rings. The Morgan fingerprint density at radius 3 is 2.53 bits per heavy atom. The van der Waals surface area contributed by atoms with Crippen LogP contribution in [0.25, 0.3) is 5.69 Å². The Hall–Kier alpha value is -2.82. The summed E-state index contributed by atoms with van der Waals surface area (Å²) in [5.41, 5.74) is 2.58. The molecule has 36 heavy (non-hydrogen) atoms. The molecule has 1 aliphatic heterocycles. The molecule has 1 N–H and O–H groups in total. The maximum atomic E-state index is 13.5. The second-order valence-corrected chi connectivity index (χ2v) is 8.97. The zero-order valence-corrected chi connectivity index (χ0v) is 21.0. The first-order valence-corrected chi connectivity index (χ1v) is 12.3. The minimum atomic E-state index is -0.522. The molecule has 0 bridgehead atoms. The number of aryl methyl sites for hydroxylation is 1. The Morgan fingerprint density at radius 2 is 1.83 bits per heavy atom. The molecule has 1 aliphatic rings. The lowest BCUT2D eigenvalue weighted by atomic mass is 10.2. The molecular weight excluding hydrogens is 463 g/mol. The summed E-state index contributed by atoms with van der Waals surface area (Å²) < 4.78 is 32.3. The largest absolute Gasteiger partial charge is 0.439 e. The van der Waals surface area contributed by atoms with E-state index in [9.17, 15) is 9.50 Å². The molecular formula is C27H35FN4O4. The van der Waals surface area contributed by atoms with Crippen molar-refractivity contribution in [3.05, 3.63) is 71.7 Å². The molecule has 0 aliphatic carbocycles. The van der Waals surface area contributed by atoms with Crippen molar-refractivity contribution in [2.24, 2.45) is 0 Å². The Kier molecular flexibility index (Phi) is 9.43. The third-order valence-corrected chi connectivity index (χ3v) is 6.20. The summed E-state index contributed by atoms with van der Waals surface area (Å²) in [4.78, 5) is 4.38. The highest BCUT2D eigenvalue weighted by Crippen LogP contribution is 2.31. The van der Waals surface area contributed by atoms with Crippen LogP contribution < -0.4 is 4.74 Å². The average molecular weight is 499 g/mol. The Morgan fingerprint density at radius 1 is 1.11 bits per heavy atom.